The van der Waals surface area contributed by atoms with E-state index in [1.165, 1.54) is 32.1 Å². The summed E-state index contributed by atoms with van der Waals surface area (Å²) in [6, 6.07) is 0. The largest absolute Gasteiger partial charge is 0.679 e. The van der Waals surface area contributed by atoms with Crippen molar-refractivity contribution in [3.8, 4) is 0 Å². The summed E-state index contributed by atoms with van der Waals surface area (Å²) < 4.78 is 0. The minimum Gasteiger partial charge on any atom is -0.679 e. The number of hydrogen-bond acceptors (Lipinski definition) is 1. The Labute approximate surface area is 128 Å². The molecule has 0 spiro atoms. The monoisotopic (exact) mass is 303 g/mol. The maximum atomic E-state index is 6.85. The first kappa shape index (κ1) is 20.9. The van der Waals surface area contributed by atoms with Crippen LogP contribution in [0, 0.1) is 24.7 Å². The SMILES string of the molecule is CCC.[CH2-]C1(CN(C)C)CC1.[CH2-]C1(C[NH-])CC1.[Zn]. The molecule has 2 aliphatic rings. The van der Waals surface area contributed by atoms with E-state index in [1.807, 2.05) is 0 Å². The molecule has 2 fully saturated rings. The molecular formula is C15H31N2Zn-3. The molecule has 106 valence electrons. The van der Waals surface area contributed by atoms with Crippen LogP contribution < -0.4 is 0 Å². The molecule has 2 rings (SSSR count). The van der Waals surface area contributed by atoms with Gasteiger partial charge in [-0.25, -0.2) is 0 Å². The molecule has 2 nitrogen and oxygen atoms in total. The summed E-state index contributed by atoms with van der Waals surface area (Å²) in [5.74, 6) is 0. The van der Waals surface area contributed by atoms with Crippen molar-refractivity contribution in [2.45, 2.75) is 46.0 Å². The van der Waals surface area contributed by atoms with Gasteiger partial charge in [-0.3, -0.25) is 0 Å². The van der Waals surface area contributed by atoms with Crippen molar-refractivity contribution in [1.82, 2.24) is 4.90 Å². The summed E-state index contributed by atoms with van der Waals surface area (Å²) >= 11 is 0. The van der Waals surface area contributed by atoms with E-state index in [9.17, 15) is 0 Å². The van der Waals surface area contributed by atoms with Gasteiger partial charge in [0.2, 0.25) is 0 Å². The molecule has 0 amide bonds. The van der Waals surface area contributed by atoms with Gasteiger partial charge in [0, 0.05) is 19.5 Å². The van der Waals surface area contributed by atoms with Crippen LogP contribution in [0.2, 0.25) is 0 Å². The van der Waals surface area contributed by atoms with E-state index in [2.05, 4.69) is 46.7 Å². The normalized spacial score (nSPS) is 20.7. The van der Waals surface area contributed by atoms with Gasteiger partial charge in [-0.1, -0.05) is 46.0 Å². The third-order valence-corrected chi connectivity index (χ3v) is 2.94. The number of hydrogen-bond donors (Lipinski definition) is 0. The summed E-state index contributed by atoms with van der Waals surface area (Å²) in [6.07, 6.45) is 6.25. The van der Waals surface area contributed by atoms with E-state index in [0.717, 1.165) is 6.54 Å². The summed E-state index contributed by atoms with van der Waals surface area (Å²) in [7, 11) is 4.20. The maximum absolute atomic E-state index is 6.85. The molecule has 2 saturated carbocycles. The standard InChI is InChI=1S/C7H14N.C5H9N.C3H8.Zn/c1-7(4-5-7)6-8(2)3;1-5(4-6)2-3-5;1-3-2;/h1,4-6H2,2-3H3;6H,1-4H2;3H2,1-2H3;/q-1;-2;;. The van der Waals surface area contributed by atoms with Crippen LogP contribution in [0.5, 0.6) is 0 Å². The zero-order chi connectivity index (χ0) is 13.5. The topological polar surface area (TPSA) is 27.0 Å². The first-order chi connectivity index (χ1) is 7.81. The van der Waals surface area contributed by atoms with Gasteiger partial charge >= 0.3 is 0 Å². The third kappa shape index (κ3) is 11.6. The first-order valence-corrected chi connectivity index (χ1v) is 6.81. The maximum Gasteiger partial charge on any atom is 0 e. The van der Waals surface area contributed by atoms with E-state index in [1.54, 1.807) is 0 Å². The molecule has 1 N–H and O–H groups in total. The Morgan fingerprint density at radius 2 is 1.33 bits per heavy atom. The Morgan fingerprint density at radius 1 is 1.00 bits per heavy atom. The molecule has 0 bridgehead atoms. The van der Waals surface area contributed by atoms with E-state index < -0.39 is 0 Å². The van der Waals surface area contributed by atoms with Crippen molar-refractivity contribution >= 4 is 0 Å². The summed E-state index contributed by atoms with van der Waals surface area (Å²) in [5.41, 5.74) is 7.51. The molecule has 0 aliphatic heterocycles. The van der Waals surface area contributed by atoms with Gasteiger partial charge in [-0.05, 0) is 20.6 Å². The Morgan fingerprint density at radius 3 is 1.39 bits per heavy atom. The van der Waals surface area contributed by atoms with Crippen molar-refractivity contribution in [3.63, 3.8) is 0 Å². The second-order valence-electron chi connectivity index (χ2n) is 6.12. The zero-order valence-corrected chi connectivity index (χ0v) is 16.0. The van der Waals surface area contributed by atoms with Gasteiger partial charge in [0.1, 0.15) is 0 Å². The molecule has 3 heteroatoms. The number of rotatable bonds is 3. The van der Waals surface area contributed by atoms with Crippen molar-refractivity contribution < 1.29 is 19.5 Å². The van der Waals surface area contributed by atoms with Crippen LogP contribution in [0.25, 0.3) is 5.73 Å². The van der Waals surface area contributed by atoms with E-state index in [4.69, 9.17) is 5.73 Å². The second-order valence-corrected chi connectivity index (χ2v) is 6.12. The number of nitrogens with one attached hydrogen (secondary N) is 1. The molecule has 0 aromatic carbocycles. The van der Waals surface area contributed by atoms with Gasteiger partial charge in [-0.15, -0.1) is 5.41 Å². The van der Waals surface area contributed by atoms with Crippen molar-refractivity contribution in [3.05, 3.63) is 19.6 Å². The van der Waals surface area contributed by atoms with Gasteiger partial charge in [0.05, 0.1) is 0 Å². The van der Waals surface area contributed by atoms with Crippen molar-refractivity contribution in [1.29, 1.82) is 0 Å². The molecule has 0 aromatic heterocycles. The predicted molar refractivity (Wildman–Crippen MR) is 77.8 cm³/mol. The molecule has 0 saturated heterocycles. The van der Waals surface area contributed by atoms with Gasteiger partial charge < -0.3 is 24.5 Å². The average Bonchev–Trinajstić information content (AvgIpc) is 3.10. The number of nitrogens with zero attached hydrogens (tertiary/aromatic N) is 1. The summed E-state index contributed by atoms with van der Waals surface area (Å²) in [6.45, 7) is 13.8. The Balaban J connectivity index is 0. The Hall–Kier alpha value is 0.543. The smallest absolute Gasteiger partial charge is 0 e. The minimum atomic E-state index is 0. The predicted octanol–water partition coefficient (Wildman–Crippen LogP) is 4.23. The quantitative estimate of drug-likeness (QED) is 0.566. The van der Waals surface area contributed by atoms with Crippen LogP contribution >= 0.6 is 0 Å². The van der Waals surface area contributed by atoms with Crippen molar-refractivity contribution in [2.75, 3.05) is 27.2 Å². The Kier molecular flexibility index (Phi) is 10.9. The average molecular weight is 305 g/mol. The molecular weight excluding hydrogens is 274 g/mol. The van der Waals surface area contributed by atoms with Gasteiger partial charge in [0.15, 0.2) is 0 Å². The van der Waals surface area contributed by atoms with Crippen LogP contribution in [-0.2, 0) is 19.5 Å². The molecule has 0 unspecified atom stereocenters. The Bertz CT molecular complexity index is 197. The fourth-order valence-corrected chi connectivity index (χ4v) is 1.36. The molecule has 18 heavy (non-hydrogen) atoms. The molecule has 0 radical (unpaired) electrons. The van der Waals surface area contributed by atoms with Gasteiger partial charge in [-0.2, -0.15) is 12.0 Å². The third-order valence-electron chi connectivity index (χ3n) is 2.94. The summed E-state index contributed by atoms with van der Waals surface area (Å²) in [5, 5.41) is 0. The summed E-state index contributed by atoms with van der Waals surface area (Å²) in [4.78, 5) is 2.21. The molecule has 0 aromatic rings. The fourth-order valence-electron chi connectivity index (χ4n) is 1.36. The zero-order valence-electron chi connectivity index (χ0n) is 13.0. The van der Waals surface area contributed by atoms with Crippen LogP contribution in [0.4, 0.5) is 0 Å². The molecule has 0 atom stereocenters. The van der Waals surface area contributed by atoms with Crippen LogP contribution in [0.1, 0.15) is 46.0 Å². The van der Waals surface area contributed by atoms with E-state index in [-0.39, 0.29) is 24.9 Å². The van der Waals surface area contributed by atoms with Crippen LogP contribution in [-0.4, -0.2) is 32.1 Å². The van der Waals surface area contributed by atoms with Crippen LogP contribution in [0.15, 0.2) is 0 Å². The molecule has 2 aliphatic carbocycles. The van der Waals surface area contributed by atoms with E-state index in [0.29, 0.717) is 12.0 Å². The van der Waals surface area contributed by atoms with Crippen molar-refractivity contribution in [2.24, 2.45) is 10.8 Å². The first-order valence-electron chi connectivity index (χ1n) is 6.81. The fraction of sp³-hybridized carbons (Fsp3) is 0.867. The van der Waals surface area contributed by atoms with Gasteiger partial charge in [0.25, 0.3) is 0 Å². The minimum absolute atomic E-state index is 0. The molecule has 0 heterocycles. The van der Waals surface area contributed by atoms with E-state index >= 15 is 0 Å². The van der Waals surface area contributed by atoms with Crippen LogP contribution in [0.3, 0.4) is 0 Å². The second kappa shape index (κ2) is 9.45.